The third kappa shape index (κ3) is 3.69. The number of nitrogens with zero attached hydrogens (tertiary/aromatic N) is 7. The van der Waals surface area contributed by atoms with Crippen LogP contribution in [0.2, 0.25) is 5.02 Å². The smallest absolute Gasteiger partial charge is 0.184 e. The predicted octanol–water partition coefficient (Wildman–Crippen LogP) is 2.97. The number of hydrogen-bond acceptors (Lipinski definition) is 6. The van der Waals surface area contributed by atoms with E-state index in [0.29, 0.717) is 6.54 Å². The molecule has 0 unspecified atom stereocenters. The molecular formula is C20H26ClN7. The number of rotatable bonds is 3. The number of piperazine rings is 1. The van der Waals surface area contributed by atoms with Gasteiger partial charge in [0.2, 0.25) is 0 Å². The van der Waals surface area contributed by atoms with E-state index in [-0.39, 0.29) is 5.41 Å². The van der Waals surface area contributed by atoms with Crippen molar-refractivity contribution < 1.29 is 0 Å². The van der Waals surface area contributed by atoms with E-state index < -0.39 is 0 Å². The Balaban J connectivity index is 1.81. The van der Waals surface area contributed by atoms with E-state index in [4.69, 9.17) is 21.6 Å². The van der Waals surface area contributed by atoms with Crippen molar-refractivity contribution >= 4 is 28.6 Å². The zero-order valence-electron chi connectivity index (χ0n) is 16.9. The van der Waals surface area contributed by atoms with Crippen molar-refractivity contribution in [2.45, 2.75) is 32.7 Å². The summed E-state index contributed by atoms with van der Waals surface area (Å²) < 4.78 is 1.83. The lowest BCUT2D eigenvalue weighted by molar-refractivity contribution is 0.312. The summed E-state index contributed by atoms with van der Waals surface area (Å²) in [6.45, 7) is 10.8. The van der Waals surface area contributed by atoms with Crippen LogP contribution in [0.1, 0.15) is 32.2 Å². The molecule has 1 aliphatic rings. The highest BCUT2D eigenvalue weighted by atomic mass is 35.5. The third-order valence-corrected chi connectivity index (χ3v) is 5.46. The summed E-state index contributed by atoms with van der Waals surface area (Å²) in [4.78, 5) is 14.4. The Morgan fingerprint density at radius 3 is 2.43 bits per heavy atom. The molecule has 2 aromatic heterocycles. The van der Waals surface area contributed by atoms with Crippen molar-refractivity contribution in [3.63, 3.8) is 0 Å². The van der Waals surface area contributed by atoms with Gasteiger partial charge in [-0.1, -0.05) is 55.8 Å². The van der Waals surface area contributed by atoms with Crippen molar-refractivity contribution in [2.75, 3.05) is 38.1 Å². The van der Waals surface area contributed by atoms with Gasteiger partial charge < -0.3 is 9.80 Å². The second kappa shape index (κ2) is 7.29. The van der Waals surface area contributed by atoms with E-state index in [0.717, 1.165) is 59.6 Å². The Bertz CT molecular complexity index is 984. The third-order valence-electron chi connectivity index (χ3n) is 5.10. The maximum atomic E-state index is 6.36. The van der Waals surface area contributed by atoms with Crippen LogP contribution in [0.5, 0.6) is 0 Å². The molecular weight excluding hydrogens is 374 g/mol. The molecule has 0 N–H and O–H groups in total. The van der Waals surface area contributed by atoms with E-state index >= 15 is 0 Å². The Labute approximate surface area is 170 Å². The molecule has 3 aromatic rings. The molecule has 1 aromatic carbocycles. The van der Waals surface area contributed by atoms with Gasteiger partial charge in [-0.2, -0.15) is 0 Å². The van der Waals surface area contributed by atoms with Crippen LogP contribution in [0, 0.1) is 0 Å². The van der Waals surface area contributed by atoms with Gasteiger partial charge in [0.05, 0.1) is 6.54 Å². The molecule has 1 fully saturated rings. The van der Waals surface area contributed by atoms with E-state index in [2.05, 4.69) is 47.9 Å². The molecule has 0 saturated carbocycles. The van der Waals surface area contributed by atoms with Gasteiger partial charge in [0.25, 0.3) is 0 Å². The highest BCUT2D eigenvalue weighted by molar-refractivity contribution is 6.31. The van der Waals surface area contributed by atoms with Crippen molar-refractivity contribution in [1.82, 2.24) is 29.9 Å². The van der Waals surface area contributed by atoms with Gasteiger partial charge in [-0.3, -0.25) is 0 Å². The minimum atomic E-state index is -0.172. The molecule has 0 spiro atoms. The average Bonchev–Trinajstić information content (AvgIpc) is 3.06. The van der Waals surface area contributed by atoms with Gasteiger partial charge in [-0.25, -0.2) is 14.6 Å². The molecule has 3 heterocycles. The van der Waals surface area contributed by atoms with E-state index in [9.17, 15) is 0 Å². The van der Waals surface area contributed by atoms with Crippen LogP contribution in [-0.4, -0.2) is 63.1 Å². The van der Waals surface area contributed by atoms with E-state index in [1.807, 2.05) is 28.9 Å². The van der Waals surface area contributed by atoms with Crippen LogP contribution < -0.4 is 4.90 Å². The SMILES string of the molecule is CN1CCN(c2nc(C(C)(C)C)nc3c2nnn3Cc2ccccc2Cl)CC1. The van der Waals surface area contributed by atoms with Crippen molar-refractivity contribution in [3.8, 4) is 0 Å². The number of benzene rings is 1. The maximum absolute atomic E-state index is 6.36. The van der Waals surface area contributed by atoms with Crippen molar-refractivity contribution in [2.24, 2.45) is 0 Å². The van der Waals surface area contributed by atoms with Crippen LogP contribution in [0.15, 0.2) is 24.3 Å². The summed E-state index contributed by atoms with van der Waals surface area (Å²) in [5.74, 6) is 1.69. The van der Waals surface area contributed by atoms with Gasteiger partial charge >= 0.3 is 0 Å². The van der Waals surface area contributed by atoms with Gasteiger partial charge in [-0.05, 0) is 18.7 Å². The zero-order valence-corrected chi connectivity index (χ0v) is 17.6. The molecule has 8 heteroatoms. The largest absolute Gasteiger partial charge is 0.352 e. The first-order valence-electron chi connectivity index (χ1n) is 9.61. The highest BCUT2D eigenvalue weighted by Crippen LogP contribution is 2.28. The van der Waals surface area contributed by atoms with E-state index in [1.54, 1.807) is 0 Å². The Morgan fingerprint density at radius 1 is 1.04 bits per heavy atom. The maximum Gasteiger partial charge on any atom is 0.184 e. The number of anilines is 1. The molecule has 0 atom stereocenters. The Hall–Kier alpha value is -2.25. The monoisotopic (exact) mass is 399 g/mol. The molecule has 0 bridgehead atoms. The Morgan fingerprint density at radius 2 is 1.75 bits per heavy atom. The van der Waals surface area contributed by atoms with Crippen LogP contribution in [0.3, 0.4) is 0 Å². The summed E-state index contributed by atoms with van der Waals surface area (Å²) in [6.07, 6.45) is 0. The number of halogens is 1. The summed E-state index contributed by atoms with van der Waals surface area (Å²) in [5.41, 5.74) is 2.33. The second-order valence-corrected chi connectivity index (χ2v) is 8.83. The quantitative estimate of drug-likeness (QED) is 0.674. The van der Waals surface area contributed by atoms with Gasteiger partial charge in [0.15, 0.2) is 17.0 Å². The summed E-state index contributed by atoms with van der Waals surface area (Å²) in [5, 5.41) is 9.56. The number of aromatic nitrogens is 5. The number of fused-ring (bicyclic) bond motifs is 1. The fourth-order valence-corrected chi connectivity index (χ4v) is 3.51. The predicted molar refractivity (Wildman–Crippen MR) is 112 cm³/mol. The minimum Gasteiger partial charge on any atom is -0.352 e. The lowest BCUT2D eigenvalue weighted by atomic mass is 9.95. The van der Waals surface area contributed by atoms with Gasteiger partial charge in [-0.15, -0.1) is 5.10 Å². The molecule has 0 radical (unpaired) electrons. The molecule has 1 aliphatic heterocycles. The molecule has 0 aliphatic carbocycles. The first-order chi connectivity index (χ1) is 13.3. The second-order valence-electron chi connectivity index (χ2n) is 8.42. The van der Waals surface area contributed by atoms with Crippen molar-refractivity contribution in [1.29, 1.82) is 0 Å². The lowest BCUT2D eigenvalue weighted by Gasteiger charge is -2.33. The fourth-order valence-electron chi connectivity index (χ4n) is 3.31. The summed E-state index contributed by atoms with van der Waals surface area (Å²) in [7, 11) is 2.15. The van der Waals surface area contributed by atoms with Crippen LogP contribution in [-0.2, 0) is 12.0 Å². The highest BCUT2D eigenvalue weighted by Gasteiger charge is 2.26. The average molecular weight is 400 g/mol. The summed E-state index contributed by atoms with van der Waals surface area (Å²) in [6, 6.07) is 7.80. The lowest BCUT2D eigenvalue weighted by Crippen LogP contribution is -2.45. The first-order valence-corrected chi connectivity index (χ1v) is 9.99. The van der Waals surface area contributed by atoms with Crippen LogP contribution in [0.4, 0.5) is 5.82 Å². The molecule has 4 rings (SSSR count). The number of likely N-dealkylation sites (N-methyl/N-ethyl adjacent to an activating group) is 1. The zero-order chi connectivity index (χ0) is 19.9. The summed E-state index contributed by atoms with van der Waals surface area (Å²) >= 11 is 6.36. The molecule has 148 valence electrons. The topological polar surface area (TPSA) is 63.0 Å². The molecule has 0 amide bonds. The van der Waals surface area contributed by atoms with Crippen molar-refractivity contribution in [3.05, 3.63) is 40.7 Å². The molecule has 7 nitrogen and oxygen atoms in total. The fraction of sp³-hybridized carbons (Fsp3) is 0.500. The standard InChI is InChI=1S/C20H26ClN7/c1-20(2,3)19-22-17(27-11-9-26(4)10-12-27)16-18(23-19)28(25-24-16)13-14-7-5-6-8-15(14)21/h5-8H,9-13H2,1-4H3. The van der Waals surface area contributed by atoms with Crippen LogP contribution >= 0.6 is 11.6 Å². The molecule has 1 saturated heterocycles. The van der Waals surface area contributed by atoms with E-state index in [1.165, 1.54) is 0 Å². The minimum absolute atomic E-state index is 0.172. The number of hydrogen-bond donors (Lipinski definition) is 0. The van der Waals surface area contributed by atoms with Gasteiger partial charge in [0.1, 0.15) is 5.82 Å². The Kier molecular flexibility index (Phi) is 4.97. The first kappa shape index (κ1) is 19.1. The molecule has 28 heavy (non-hydrogen) atoms. The normalized spacial score (nSPS) is 16.1. The van der Waals surface area contributed by atoms with Crippen LogP contribution in [0.25, 0.3) is 11.2 Å². The van der Waals surface area contributed by atoms with Gasteiger partial charge in [0, 0.05) is 36.6 Å².